The lowest BCUT2D eigenvalue weighted by molar-refractivity contribution is 0.719. The molecular weight excluding hydrogens is 154 g/mol. The molecule has 0 amide bonds. The molecule has 0 aliphatic carbocycles. The molecule has 0 saturated heterocycles. The number of rotatable bonds is 1. The normalized spacial score (nSPS) is 11.2. The van der Waals surface area contributed by atoms with E-state index in [2.05, 4.69) is 34.4 Å². The Morgan fingerprint density at radius 3 is 3.00 bits per heavy atom. The van der Waals surface area contributed by atoms with Crippen LogP contribution in [0.15, 0.2) is 12.3 Å². The van der Waals surface area contributed by atoms with E-state index >= 15 is 0 Å². The van der Waals surface area contributed by atoms with Crippen LogP contribution in [0.1, 0.15) is 25.5 Å². The zero-order valence-corrected chi connectivity index (χ0v) is 6.97. The Kier molecular flexibility index (Phi) is 1.49. The van der Waals surface area contributed by atoms with Crippen molar-refractivity contribution in [3.63, 3.8) is 0 Å². The van der Waals surface area contributed by atoms with E-state index in [4.69, 9.17) is 0 Å². The van der Waals surface area contributed by atoms with Crippen LogP contribution in [0.5, 0.6) is 0 Å². The third-order valence-corrected chi connectivity index (χ3v) is 1.72. The highest BCUT2D eigenvalue weighted by Gasteiger charge is 2.06. The van der Waals surface area contributed by atoms with Crippen LogP contribution in [0.2, 0.25) is 0 Å². The molecule has 0 N–H and O–H groups in total. The van der Waals surface area contributed by atoms with Crippen LogP contribution in [-0.2, 0) is 0 Å². The Hall–Kier alpha value is -1.52. The molecule has 0 saturated carbocycles. The van der Waals surface area contributed by atoms with Crippen molar-refractivity contribution in [2.75, 3.05) is 0 Å². The van der Waals surface area contributed by atoms with Gasteiger partial charge in [0.2, 0.25) is 0 Å². The predicted molar refractivity (Wildman–Crippen MR) is 42.7 cm³/mol. The maximum Gasteiger partial charge on any atom is 0.273 e. The number of nitrogens with zero attached hydrogens (tertiary/aromatic N) is 5. The molecule has 0 radical (unpaired) electrons. The van der Waals surface area contributed by atoms with Gasteiger partial charge in [0.1, 0.15) is 0 Å². The SMILES string of the molecule is CC(C)c1ccnc2nnnn12. The van der Waals surface area contributed by atoms with Gasteiger partial charge in [-0.1, -0.05) is 18.9 Å². The molecule has 62 valence electrons. The number of fused-ring (bicyclic) bond motifs is 1. The fourth-order valence-corrected chi connectivity index (χ4v) is 1.12. The van der Waals surface area contributed by atoms with E-state index in [0.717, 1.165) is 5.69 Å². The summed E-state index contributed by atoms with van der Waals surface area (Å²) in [7, 11) is 0. The summed E-state index contributed by atoms with van der Waals surface area (Å²) < 4.78 is 1.66. The monoisotopic (exact) mass is 163 g/mol. The van der Waals surface area contributed by atoms with Crippen molar-refractivity contribution in [2.24, 2.45) is 0 Å². The van der Waals surface area contributed by atoms with E-state index in [-0.39, 0.29) is 0 Å². The van der Waals surface area contributed by atoms with Crippen molar-refractivity contribution in [3.8, 4) is 0 Å². The van der Waals surface area contributed by atoms with E-state index in [1.165, 1.54) is 0 Å². The third-order valence-electron chi connectivity index (χ3n) is 1.72. The first-order valence-corrected chi connectivity index (χ1v) is 3.82. The van der Waals surface area contributed by atoms with Gasteiger partial charge in [0.05, 0.1) is 5.69 Å². The summed E-state index contributed by atoms with van der Waals surface area (Å²) >= 11 is 0. The van der Waals surface area contributed by atoms with Gasteiger partial charge in [-0.25, -0.2) is 4.98 Å². The zero-order chi connectivity index (χ0) is 8.55. The molecule has 2 rings (SSSR count). The van der Waals surface area contributed by atoms with Gasteiger partial charge < -0.3 is 0 Å². The van der Waals surface area contributed by atoms with Gasteiger partial charge in [0.25, 0.3) is 5.78 Å². The lowest BCUT2D eigenvalue weighted by Crippen LogP contribution is -2.01. The minimum Gasteiger partial charge on any atom is -0.218 e. The molecule has 0 aromatic carbocycles. The number of hydrogen-bond acceptors (Lipinski definition) is 4. The summed E-state index contributed by atoms with van der Waals surface area (Å²) in [6, 6.07) is 1.92. The molecule has 0 aliphatic heterocycles. The molecule has 0 unspecified atom stereocenters. The minimum atomic E-state index is 0.402. The van der Waals surface area contributed by atoms with Crippen molar-refractivity contribution in [3.05, 3.63) is 18.0 Å². The predicted octanol–water partition coefficient (Wildman–Crippen LogP) is 0.643. The molecule has 0 atom stereocenters. The molecule has 0 bridgehead atoms. The number of aromatic nitrogens is 5. The topological polar surface area (TPSA) is 56.0 Å². The maximum atomic E-state index is 4.01. The Labute approximate surface area is 69.4 Å². The molecule has 2 heterocycles. The highest BCUT2D eigenvalue weighted by Crippen LogP contribution is 2.11. The Bertz CT molecular complexity index is 391. The van der Waals surface area contributed by atoms with Crippen LogP contribution in [0, 0.1) is 0 Å². The van der Waals surface area contributed by atoms with Gasteiger partial charge >= 0.3 is 0 Å². The van der Waals surface area contributed by atoms with Crippen LogP contribution in [0.4, 0.5) is 0 Å². The van der Waals surface area contributed by atoms with Gasteiger partial charge in [0.15, 0.2) is 0 Å². The molecule has 2 aromatic rings. The average molecular weight is 163 g/mol. The summed E-state index contributed by atoms with van der Waals surface area (Å²) in [6.45, 7) is 4.19. The molecule has 12 heavy (non-hydrogen) atoms. The van der Waals surface area contributed by atoms with Crippen molar-refractivity contribution >= 4 is 5.78 Å². The Morgan fingerprint density at radius 1 is 1.42 bits per heavy atom. The summed E-state index contributed by atoms with van der Waals surface area (Å²) in [6.07, 6.45) is 1.72. The minimum absolute atomic E-state index is 0.402. The first-order valence-electron chi connectivity index (χ1n) is 3.82. The van der Waals surface area contributed by atoms with Gasteiger partial charge in [-0.15, -0.1) is 0 Å². The van der Waals surface area contributed by atoms with Crippen molar-refractivity contribution < 1.29 is 0 Å². The van der Waals surface area contributed by atoms with E-state index in [1.54, 1.807) is 10.7 Å². The van der Waals surface area contributed by atoms with Crippen LogP contribution < -0.4 is 0 Å². The molecule has 0 spiro atoms. The fourth-order valence-electron chi connectivity index (χ4n) is 1.12. The third kappa shape index (κ3) is 0.939. The van der Waals surface area contributed by atoms with Gasteiger partial charge in [0, 0.05) is 6.20 Å². The quantitative estimate of drug-likeness (QED) is 0.619. The van der Waals surface area contributed by atoms with Crippen LogP contribution in [0.3, 0.4) is 0 Å². The van der Waals surface area contributed by atoms with E-state index in [1.807, 2.05) is 6.07 Å². The molecule has 2 aromatic heterocycles. The second kappa shape index (κ2) is 2.51. The van der Waals surface area contributed by atoms with Gasteiger partial charge in [-0.2, -0.15) is 4.52 Å². The van der Waals surface area contributed by atoms with Gasteiger partial charge in [-0.05, 0) is 22.4 Å². The van der Waals surface area contributed by atoms with E-state index in [0.29, 0.717) is 11.7 Å². The summed E-state index contributed by atoms with van der Waals surface area (Å²) in [5.74, 6) is 0.959. The molecule has 0 aliphatic rings. The molecule has 5 nitrogen and oxygen atoms in total. The van der Waals surface area contributed by atoms with Crippen LogP contribution in [-0.4, -0.2) is 25.0 Å². The van der Waals surface area contributed by atoms with Crippen LogP contribution in [0.25, 0.3) is 5.78 Å². The number of tetrazole rings is 1. The summed E-state index contributed by atoms with van der Waals surface area (Å²) in [5, 5.41) is 11.1. The van der Waals surface area contributed by atoms with Crippen molar-refractivity contribution in [2.45, 2.75) is 19.8 Å². The first kappa shape index (κ1) is 7.15. The smallest absolute Gasteiger partial charge is 0.218 e. The van der Waals surface area contributed by atoms with E-state index < -0.39 is 0 Å². The molecule has 5 heteroatoms. The second-order valence-electron chi connectivity index (χ2n) is 2.92. The Balaban J connectivity index is 2.73. The Morgan fingerprint density at radius 2 is 2.25 bits per heavy atom. The summed E-state index contributed by atoms with van der Waals surface area (Å²) in [4.78, 5) is 4.01. The standard InChI is InChI=1S/C7H9N5/c1-5(2)6-3-4-8-7-9-10-11-12(6)7/h3-5H,1-2H3. The molecule has 0 fully saturated rings. The fraction of sp³-hybridized carbons (Fsp3) is 0.429. The van der Waals surface area contributed by atoms with Gasteiger partial charge in [-0.3, -0.25) is 0 Å². The summed E-state index contributed by atoms with van der Waals surface area (Å²) in [5.41, 5.74) is 1.07. The lowest BCUT2D eigenvalue weighted by atomic mass is 10.1. The highest BCUT2D eigenvalue weighted by molar-refractivity contribution is 5.26. The van der Waals surface area contributed by atoms with Crippen molar-refractivity contribution in [1.29, 1.82) is 0 Å². The maximum absolute atomic E-state index is 4.01. The van der Waals surface area contributed by atoms with E-state index in [9.17, 15) is 0 Å². The van der Waals surface area contributed by atoms with Crippen LogP contribution >= 0.6 is 0 Å². The number of hydrogen-bond donors (Lipinski definition) is 0. The zero-order valence-electron chi connectivity index (χ0n) is 6.97. The largest absolute Gasteiger partial charge is 0.273 e. The highest BCUT2D eigenvalue weighted by atomic mass is 15.5. The average Bonchev–Trinajstić information content (AvgIpc) is 2.49. The molecular formula is C7H9N5. The van der Waals surface area contributed by atoms with Crippen molar-refractivity contribution in [1.82, 2.24) is 25.0 Å². The lowest BCUT2D eigenvalue weighted by Gasteiger charge is -2.04. The second-order valence-corrected chi connectivity index (χ2v) is 2.92. The first-order chi connectivity index (χ1) is 5.79.